The molecule has 1 aliphatic heterocycles. The lowest BCUT2D eigenvalue weighted by molar-refractivity contribution is -0.131. The summed E-state index contributed by atoms with van der Waals surface area (Å²) in [5.41, 5.74) is 0.330. The largest absolute Gasteiger partial charge is 0.427 e. The molecular formula is C30H27N3O4S. The average Bonchev–Trinajstić information content (AvgIpc) is 2.92. The summed E-state index contributed by atoms with van der Waals surface area (Å²) in [6, 6.07) is 25.2. The molecule has 0 unspecified atom stereocenters. The van der Waals surface area contributed by atoms with Gasteiger partial charge >= 0.3 is 5.97 Å². The summed E-state index contributed by atoms with van der Waals surface area (Å²) < 4.78 is 34.8. The van der Waals surface area contributed by atoms with E-state index in [1.807, 2.05) is 37.3 Å². The maximum Gasteiger partial charge on any atom is 0.308 e. The number of allylic oxidation sites excluding steroid dienone is 1. The van der Waals surface area contributed by atoms with Crippen molar-refractivity contribution in [2.45, 2.75) is 30.7 Å². The van der Waals surface area contributed by atoms with E-state index in [0.29, 0.717) is 5.56 Å². The maximum atomic E-state index is 14.2. The highest BCUT2D eigenvalue weighted by Gasteiger charge is 2.58. The number of rotatable bonds is 6. The Morgan fingerprint density at radius 2 is 1.61 bits per heavy atom. The number of sulfonamides is 1. The van der Waals surface area contributed by atoms with E-state index in [1.165, 1.54) is 35.5 Å². The number of piperidine rings is 1. The van der Waals surface area contributed by atoms with Gasteiger partial charge in [0.25, 0.3) is 0 Å². The molecule has 0 amide bonds. The molecule has 1 saturated heterocycles. The molecular weight excluding hydrogens is 498 g/mol. The van der Waals surface area contributed by atoms with Crippen LogP contribution in [-0.4, -0.2) is 25.2 Å². The number of benzene rings is 3. The smallest absolute Gasteiger partial charge is 0.308 e. The molecule has 0 saturated carbocycles. The van der Waals surface area contributed by atoms with Crippen LogP contribution < -0.4 is 4.74 Å². The van der Waals surface area contributed by atoms with Crippen LogP contribution in [0.2, 0.25) is 0 Å². The second kappa shape index (κ2) is 10.6. The van der Waals surface area contributed by atoms with Crippen LogP contribution in [-0.2, 0) is 14.8 Å². The van der Waals surface area contributed by atoms with Gasteiger partial charge < -0.3 is 4.74 Å². The zero-order valence-electron chi connectivity index (χ0n) is 21.1. The van der Waals surface area contributed by atoms with Gasteiger partial charge in [0.15, 0.2) is 5.41 Å². The summed E-state index contributed by atoms with van der Waals surface area (Å²) in [5.74, 6) is -1.40. The molecule has 4 rings (SSSR count). The third-order valence-corrected chi connectivity index (χ3v) is 8.84. The second-order valence-electron chi connectivity index (χ2n) is 9.32. The number of nitriles is 2. The Hall–Kier alpha value is -4.24. The Labute approximate surface area is 223 Å². The predicted molar refractivity (Wildman–Crippen MR) is 142 cm³/mol. The van der Waals surface area contributed by atoms with Gasteiger partial charge in [-0.05, 0) is 42.3 Å². The van der Waals surface area contributed by atoms with E-state index in [9.17, 15) is 23.7 Å². The number of ether oxygens (including phenoxy) is 1. The zero-order valence-corrected chi connectivity index (χ0v) is 21.9. The van der Waals surface area contributed by atoms with Gasteiger partial charge in [-0.25, -0.2) is 8.42 Å². The number of esters is 1. The van der Waals surface area contributed by atoms with E-state index in [-0.39, 0.29) is 17.2 Å². The average molecular weight is 526 g/mol. The number of hydrogen-bond donors (Lipinski definition) is 0. The first kappa shape index (κ1) is 26.8. The van der Waals surface area contributed by atoms with Crippen LogP contribution in [0.25, 0.3) is 0 Å². The standard InChI is InChI=1S/C30H27N3O4S/c1-4-28-27(23-8-6-5-7-9-23)18-33(38(35,36)26-16-10-21(2)11-17-26)29(30(28,19-31)20-32)24-12-14-25(15-13-24)37-22(3)34/h4-17,27-29H,1,18H2,2-3H3/t27-,28+,29-/m0/s1. The highest BCUT2D eigenvalue weighted by molar-refractivity contribution is 7.89. The van der Waals surface area contributed by atoms with Gasteiger partial charge in [0, 0.05) is 25.3 Å². The van der Waals surface area contributed by atoms with Gasteiger partial charge in [-0.15, -0.1) is 6.58 Å². The third-order valence-electron chi connectivity index (χ3n) is 6.99. The molecule has 0 spiro atoms. The van der Waals surface area contributed by atoms with Crippen molar-refractivity contribution in [3.63, 3.8) is 0 Å². The number of hydrogen-bond acceptors (Lipinski definition) is 6. The Morgan fingerprint density at radius 1 is 1.00 bits per heavy atom. The molecule has 0 N–H and O–H groups in total. The Bertz CT molecular complexity index is 1510. The fraction of sp³-hybridized carbons (Fsp3) is 0.233. The number of carbonyl (C=O) groups is 1. The van der Waals surface area contributed by atoms with Crippen molar-refractivity contribution in [3.05, 3.63) is 108 Å². The summed E-state index contributed by atoms with van der Waals surface area (Å²) in [4.78, 5) is 11.5. The molecule has 3 atom stereocenters. The molecule has 192 valence electrons. The molecule has 0 bridgehead atoms. The Balaban J connectivity index is 1.97. The van der Waals surface area contributed by atoms with E-state index in [2.05, 4.69) is 18.7 Å². The quantitative estimate of drug-likeness (QED) is 0.246. The van der Waals surface area contributed by atoms with Crippen molar-refractivity contribution in [1.82, 2.24) is 4.31 Å². The molecule has 3 aromatic rings. The van der Waals surface area contributed by atoms with Crippen molar-refractivity contribution in [2.24, 2.45) is 11.3 Å². The molecule has 3 aromatic carbocycles. The Kier molecular flexibility index (Phi) is 7.50. The third kappa shape index (κ3) is 4.72. The minimum Gasteiger partial charge on any atom is -0.427 e. The van der Waals surface area contributed by atoms with E-state index < -0.39 is 39.3 Å². The number of nitrogens with zero attached hydrogens (tertiary/aromatic N) is 3. The molecule has 7 nitrogen and oxygen atoms in total. The van der Waals surface area contributed by atoms with Crippen molar-refractivity contribution < 1.29 is 17.9 Å². The van der Waals surface area contributed by atoms with E-state index in [1.54, 1.807) is 30.3 Å². The highest BCUT2D eigenvalue weighted by atomic mass is 32.2. The first-order chi connectivity index (χ1) is 18.2. The lowest BCUT2D eigenvalue weighted by Crippen LogP contribution is -2.54. The van der Waals surface area contributed by atoms with E-state index >= 15 is 0 Å². The monoisotopic (exact) mass is 525 g/mol. The van der Waals surface area contributed by atoms with E-state index in [4.69, 9.17) is 4.74 Å². The van der Waals surface area contributed by atoms with Crippen LogP contribution in [0.1, 0.15) is 35.6 Å². The SMILES string of the molecule is C=C[C@@H]1[C@H](c2ccccc2)CN(S(=O)(=O)c2ccc(C)cc2)[C@@H](c2ccc(OC(C)=O)cc2)C1(C#N)C#N. The first-order valence-corrected chi connectivity index (χ1v) is 13.5. The maximum absolute atomic E-state index is 14.2. The minimum atomic E-state index is -4.16. The van der Waals surface area contributed by atoms with Gasteiger partial charge in [-0.2, -0.15) is 14.8 Å². The predicted octanol–water partition coefficient (Wildman–Crippen LogP) is 5.29. The van der Waals surface area contributed by atoms with Crippen molar-refractivity contribution >= 4 is 16.0 Å². The topological polar surface area (TPSA) is 111 Å². The summed E-state index contributed by atoms with van der Waals surface area (Å²) in [6.07, 6.45) is 1.58. The van der Waals surface area contributed by atoms with Crippen LogP contribution in [0.15, 0.2) is 96.4 Å². The van der Waals surface area contributed by atoms with Crippen molar-refractivity contribution in [3.8, 4) is 17.9 Å². The van der Waals surface area contributed by atoms with Crippen LogP contribution in [0.4, 0.5) is 0 Å². The summed E-state index contributed by atoms with van der Waals surface area (Å²) in [5, 5.41) is 21.2. The van der Waals surface area contributed by atoms with Crippen LogP contribution in [0, 0.1) is 40.9 Å². The van der Waals surface area contributed by atoms with Crippen LogP contribution in [0.5, 0.6) is 5.75 Å². The minimum absolute atomic E-state index is 0.0262. The highest BCUT2D eigenvalue weighted by Crippen LogP contribution is 2.55. The molecule has 1 aliphatic rings. The van der Waals surface area contributed by atoms with Crippen molar-refractivity contribution in [1.29, 1.82) is 10.5 Å². The fourth-order valence-corrected chi connectivity index (χ4v) is 6.87. The molecule has 0 aromatic heterocycles. The van der Waals surface area contributed by atoms with E-state index in [0.717, 1.165) is 11.1 Å². The zero-order chi connectivity index (χ0) is 27.5. The molecule has 0 aliphatic carbocycles. The number of aryl methyl sites for hydroxylation is 1. The van der Waals surface area contributed by atoms with Gasteiger partial charge in [-0.1, -0.05) is 66.2 Å². The summed E-state index contributed by atoms with van der Waals surface area (Å²) in [7, 11) is -4.16. The van der Waals surface area contributed by atoms with Crippen molar-refractivity contribution in [2.75, 3.05) is 6.54 Å². The van der Waals surface area contributed by atoms with Gasteiger partial charge in [0.2, 0.25) is 10.0 Å². The number of carbonyl (C=O) groups excluding carboxylic acids is 1. The lowest BCUT2D eigenvalue weighted by Gasteiger charge is -2.49. The van der Waals surface area contributed by atoms with Crippen LogP contribution >= 0.6 is 0 Å². The fourth-order valence-electron chi connectivity index (χ4n) is 5.19. The second-order valence-corrected chi connectivity index (χ2v) is 11.2. The molecule has 1 fully saturated rings. The summed E-state index contributed by atoms with van der Waals surface area (Å²) in [6.45, 7) is 7.12. The lowest BCUT2D eigenvalue weighted by atomic mass is 9.61. The Morgan fingerprint density at radius 3 is 2.13 bits per heavy atom. The van der Waals surface area contributed by atoms with Gasteiger partial charge in [0.1, 0.15) is 5.75 Å². The van der Waals surface area contributed by atoms with Crippen LogP contribution in [0.3, 0.4) is 0 Å². The molecule has 38 heavy (non-hydrogen) atoms. The van der Waals surface area contributed by atoms with Gasteiger partial charge in [0.05, 0.1) is 23.1 Å². The summed E-state index contributed by atoms with van der Waals surface area (Å²) >= 11 is 0. The normalized spacial score (nSPS) is 21.0. The van der Waals surface area contributed by atoms with Gasteiger partial charge in [-0.3, -0.25) is 4.79 Å². The molecule has 0 radical (unpaired) electrons. The first-order valence-electron chi connectivity index (χ1n) is 12.0. The molecule has 8 heteroatoms. The molecule has 1 heterocycles.